The van der Waals surface area contributed by atoms with E-state index in [0.29, 0.717) is 0 Å². The van der Waals surface area contributed by atoms with E-state index in [-0.39, 0.29) is 0 Å². The maximum Gasteiger partial charge on any atom is 0.179 e. The van der Waals surface area contributed by atoms with E-state index in [0.717, 1.165) is 15.3 Å². The lowest BCUT2D eigenvalue weighted by Crippen LogP contribution is -1.80. The summed E-state index contributed by atoms with van der Waals surface area (Å²) in [6.07, 6.45) is 0. The summed E-state index contributed by atoms with van der Waals surface area (Å²) in [5, 5.41) is 2.45. The number of nitrogens with zero attached hydrogens (tertiary/aromatic N) is 2. The van der Waals surface area contributed by atoms with Crippen molar-refractivity contribution in [2.45, 2.75) is 0 Å². The highest BCUT2D eigenvalue weighted by atomic mass is 79.9. The maximum atomic E-state index is 4.31. The van der Waals surface area contributed by atoms with Crippen molar-refractivity contribution in [3.05, 3.63) is 46.4 Å². The Labute approximate surface area is 105 Å². The van der Waals surface area contributed by atoms with Crippen molar-refractivity contribution in [3.63, 3.8) is 0 Å². The van der Waals surface area contributed by atoms with Gasteiger partial charge in [-0.2, -0.15) is 4.37 Å². The second-order valence-electron chi connectivity index (χ2n) is 3.43. The van der Waals surface area contributed by atoms with Crippen LogP contribution < -0.4 is 0 Å². The third-order valence-corrected chi connectivity index (χ3v) is 3.53. The minimum Gasteiger partial charge on any atom is -0.208 e. The highest BCUT2D eigenvalue weighted by molar-refractivity contribution is 9.11. The highest BCUT2D eigenvalue weighted by Crippen LogP contribution is 2.24. The monoisotopic (exact) mass is 290 g/mol. The first-order chi connectivity index (χ1) is 7.83. The Bertz CT molecular complexity index is 648. The van der Waals surface area contributed by atoms with E-state index in [1.165, 1.54) is 22.3 Å². The first kappa shape index (κ1) is 9.93. The van der Waals surface area contributed by atoms with E-state index in [1.807, 2.05) is 12.1 Å². The van der Waals surface area contributed by atoms with E-state index >= 15 is 0 Å². The molecule has 2 aromatic carbocycles. The summed E-state index contributed by atoms with van der Waals surface area (Å²) in [4.78, 5) is 4.31. The van der Waals surface area contributed by atoms with Crippen LogP contribution in [0.3, 0.4) is 0 Å². The lowest BCUT2D eigenvalue weighted by molar-refractivity contribution is 1.31. The summed E-state index contributed by atoms with van der Waals surface area (Å²) in [7, 11) is 0. The van der Waals surface area contributed by atoms with Crippen LogP contribution in [0.1, 0.15) is 0 Å². The fraction of sp³-hybridized carbons (Fsp3) is 0. The molecule has 78 valence electrons. The van der Waals surface area contributed by atoms with E-state index in [9.17, 15) is 0 Å². The van der Waals surface area contributed by atoms with Gasteiger partial charge in [0.1, 0.15) is 0 Å². The molecule has 0 spiro atoms. The van der Waals surface area contributed by atoms with Crippen LogP contribution in [0.25, 0.3) is 22.2 Å². The molecule has 0 bridgehead atoms. The fourth-order valence-electron chi connectivity index (χ4n) is 1.65. The van der Waals surface area contributed by atoms with Gasteiger partial charge in [0.25, 0.3) is 0 Å². The predicted molar refractivity (Wildman–Crippen MR) is 70.6 cm³/mol. The largest absolute Gasteiger partial charge is 0.208 e. The van der Waals surface area contributed by atoms with E-state index in [2.05, 4.69) is 55.6 Å². The Balaban J connectivity index is 2.18. The quantitative estimate of drug-likeness (QED) is 0.674. The lowest BCUT2D eigenvalue weighted by atomic mass is 10.1. The summed E-state index contributed by atoms with van der Waals surface area (Å²) in [5.41, 5.74) is 1.06. The SMILES string of the molecule is Brc1nc(-c2ccc3ccccc3c2)ns1. The molecule has 0 saturated carbocycles. The van der Waals surface area contributed by atoms with Crippen LogP contribution >= 0.6 is 27.5 Å². The minimum atomic E-state index is 0.780. The van der Waals surface area contributed by atoms with Gasteiger partial charge in [-0.1, -0.05) is 36.4 Å². The topological polar surface area (TPSA) is 25.8 Å². The number of hydrogen-bond donors (Lipinski definition) is 0. The van der Waals surface area contributed by atoms with Crippen molar-refractivity contribution < 1.29 is 0 Å². The molecule has 0 fully saturated rings. The van der Waals surface area contributed by atoms with Gasteiger partial charge in [0.15, 0.2) is 9.74 Å². The summed E-state index contributed by atoms with van der Waals surface area (Å²) in [6, 6.07) is 14.5. The van der Waals surface area contributed by atoms with Crippen LogP contribution in [-0.2, 0) is 0 Å². The van der Waals surface area contributed by atoms with Crippen LogP contribution in [0.5, 0.6) is 0 Å². The molecule has 0 amide bonds. The average molecular weight is 291 g/mol. The second-order valence-corrected chi connectivity index (χ2v) is 5.46. The Morgan fingerprint density at radius 2 is 1.81 bits per heavy atom. The molecule has 0 radical (unpaired) electrons. The van der Waals surface area contributed by atoms with Crippen LogP contribution in [0.4, 0.5) is 0 Å². The molecule has 1 heterocycles. The summed E-state index contributed by atoms with van der Waals surface area (Å²) in [5.74, 6) is 0.780. The summed E-state index contributed by atoms with van der Waals surface area (Å²) in [6.45, 7) is 0. The van der Waals surface area contributed by atoms with Crippen LogP contribution in [0.15, 0.2) is 46.4 Å². The number of halogens is 1. The Morgan fingerprint density at radius 3 is 2.56 bits per heavy atom. The van der Waals surface area contributed by atoms with Gasteiger partial charge in [-0.15, -0.1) is 0 Å². The highest BCUT2D eigenvalue weighted by Gasteiger charge is 2.05. The van der Waals surface area contributed by atoms with Gasteiger partial charge in [-0.3, -0.25) is 0 Å². The molecular weight excluding hydrogens is 284 g/mol. The van der Waals surface area contributed by atoms with Crippen LogP contribution in [0.2, 0.25) is 0 Å². The third-order valence-electron chi connectivity index (χ3n) is 2.41. The fourth-order valence-corrected chi connectivity index (χ4v) is 2.47. The van der Waals surface area contributed by atoms with Crippen molar-refractivity contribution in [3.8, 4) is 11.4 Å². The zero-order chi connectivity index (χ0) is 11.0. The molecule has 0 aliphatic heterocycles. The molecule has 2 nitrogen and oxygen atoms in total. The molecule has 0 aliphatic rings. The number of hydrogen-bond acceptors (Lipinski definition) is 3. The summed E-state index contributed by atoms with van der Waals surface area (Å²) < 4.78 is 5.09. The zero-order valence-corrected chi connectivity index (χ0v) is 10.6. The van der Waals surface area contributed by atoms with Gasteiger partial charge in [0, 0.05) is 5.56 Å². The molecule has 0 aliphatic carbocycles. The Hall–Kier alpha value is -1.26. The normalized spacial score (nSPS) is 10.8. The number of rotatable bonds is 1. The van der Waals surface area contributed by atoms with Gasteiger partial charge in [-0.05, 0) is 44.3 Å². The van der Waals surface area contributed by atoms with Crippen LogP contribution in [-0.4, -0.2) is 9.36 Å². The van der Waals surface area contributed by atoms with Gasteiger partial charge in [-0.25, -0.2) is 4.98 Å². The molecule has 0 saturated heterocycles. The molecule has 0 unspecified atom stereocenters. The maximum absolute atomic E-state index is 4.31. The third kappa shape index (κ3) is 1.74. The summed E-state index contributed by atoms with van der Waals surface area (Å²) >= 11 is 4.68. The van der Waals surface area contributed by atoms with E-state index in [4.69, 9.17) is 0 Å². The molecule has 16 heavy (non-hydrogen) atoms. The minimum absolute atomic E-state index is 0.780. The first-order valence-corrected chi connectivity index (χ1v) is 6.38. The smallest absolute Gasteiger partial charge is 0.179 e. The average Bonchev–Trinajstić information content (AvgIpc) is 2.75. The van der Waals surface area contributed by atoms with E-state index < -0.39 is 0 Å². The van der Waals surface area contributed by atoms with E-state index in [1.54, 1.807) is 0 Å². The molecule has 3 rings (SSSR count). The molecular formula is C12H7BrN2S. The molecule has 1 aromatic heterocycles. The second kappa shape index (κ2) is 3.96. The van der Waals surface area contributed by atoms with Crippen molar-refractivity contribution in [2.75, 3.05) is 0 Å². The van der Waals surface area contributed by atoms with Crippen molar-refractivity contribution in [2.24, 2.45) is 0 Å². The standard InChI is InChI=1S/C12H7BrN2S/c13-12-14-11(15-16-12)10-6-5-8-3-1-2-4-9(8)7-10/h1-7H. The van der Waals surface area contributed by atoms with Crippen molar-refractivity contribution >= 4 is 38.2 Å². The predicted octanol–water partition coefficient (Wildman–Crippen LogP) is 4.12. The Morgan fingerprint density at radius 1 is 1.00 bits per heavy atom. The van der Waals surface area contributed by atoms with Crippen LogP contribution in [0, 0.1) is 0 Å². The number of benzene rings is 2. The van der Waals surface area contributed by atoms with Gasteiger partial charge < -0.3 is 0 Å². The lowest BCUT2D eigenvalue weighted by Gasteiger charge is -1.99. The van der Waals surface area contributed by atoms with Gasteiger partial charge in [0.2, 0.25) is 0 Å². The Kier molecular flexibility index (Phi) is 2.46. The zero-order valence-electron chi connectivity index (χ0n) is 8.22. The van der Waals surface area contributed by atoms with Crippen molar-refractivity contribution in [1.29, 1.82) is 0 Å². The molecule has 0 N–H and O–H groups in total. The number of aromatic nitrogens is 2. The van der Waals surface area contributed by atoms with Gasteiger partial charge >= 0.3 is 0 Å². The molecule has 0 atom stereocenters. The van der Waals surface area contributed by atoms with Crippen molar-refractivity contribution in [1.82, 2.24) is 9.36 Å². The molecule has 4 heteroatoms. The molecule has 3 aromatic rings. The first-order valence-electron chi connectivity index (χ1n) is 4.81. The number of fused-ring (bicyclic) bond motifs is 1. The van der Waals surface area contributed by atoms with Gasteiger partial charge in [0.05, 0.1) is 0 Å².